The Morgan fingerprint density at radius 3 is 2.72 bits per heavy atom. The van der Waals surface area contributed by atoms with Crippen LogP contribution in [0.2, 0.25) is 0 Å². The van der Waals surface area contributed by atoms with Crippen LogP contribution in [0.15, 0.2) is 41.4 Å². The zero-order chi connectivity index (χ0) is 21.2. The number of aromatic nitrogens is 1. The van der Waals surface area contributed by atoms with E-state index in [4.69, 9.17) is 4.74 Å². The SMILES string of the molecule is CCOC(=O)c1cc(S(=O)(=O)N2CCC[C@@H]2C(=O)Nc2cccc(C)c2)cn1C. The summed E-state index contributed by atoms with van der Waals surface area (Å²) in [6.07, 6.45) is 2.40. The molecule has 2 heterocycles. The number of benzene rings is 1. The molecule has 1 N–H and O–H groups in total. The molecule has 0 radical (unpaired) electrons. The molecule has 2 aromatic rings. The summed E-state index contributed by atoms with van der Waals surface area (Å²) in [6.45, 7) is 4.04. The molecule has 0 spiro atoms. The number of sulfonamides is 1. The zero-order valence-corrected chi connectivity index (χ0v) is 17.5. The van der Waals surface area contributed by atoms with Gasteiger partial charge >= 0.3 is 5.97 Å². The van der Waals surface area contributed by atoms with Gasteiger partial charge in [-0.3, -0.25) is 4.79 Å². The number of aryl methyl sites for hydroxylation is 2. The standard InChI is InChI=1S/C20H25N3O5S/c1-4-28-20(25)18-12-16(13-22(18)3)29(26,27)23-10-6-9-17(23)19(24)21-15-8-5-7-14(2)11-15/h5,7-8,11-13,17H,4,6,9-10H2,1-3H3,(H,21,24)/t17-/m1/s1. The number of hydrogen-bond acceptors (Lipinski definition) is 5. The van der Waals surface area contributed by atoms with E-state index in [2.05, 4.69) is 5.32 Å². The van der Waals surface area contributed by atoms with Crippen LogP contribution in [0.1, 0.15) is 35.8 Å². The summed E-state index contributed by atoms with van der Waals surface area (Å²) in [7, 11) is -2.36. The van der Waals surface area contributed by atoms with Crippen molar-refractivity contribution in [2.45, 2.75) is 37.6 Å². The minimum absolute atomic E-state index is 0.0293. The van der Waals surface area contributed by atoms with Crippen molar-refractivity contribution in [3.63, 3.8) is 0 Å². The Hall–Kier alpha value is -2.65. The number of amides is 1. The average molecular weight is 420 g/mol. The topological polar surface area (TPSA) is 97.7 Å². The Morgan fingerprint density at radius 1 is 1.28 bits per heavy atom. The number of esters is 1. The first kappa shape index (κ1) is 21.1. The monoisotopic (exact) mass is 419 g/mol. The first-order valence-electron chi connectivity index (χ1n) is 9.47. The van der Waals surface area contributed by atoms with Gasteiger partial charge in [-0.2, -0.15) is 4.31 Å². The van der Waals surface area contributed by atoms with Gasteiger partial charge in [-0.05, 0) is 50.5 Å². The fourth-order valence-electron chi connectivity index (χ4n) is 3.46. The van der Waals surface area contributed by atoms with E-state index in [9.17, 15) is 18.0 Å². The van der Waals surface area contributed by atoms with Crippen LogP contribution in [-0.2, 0) is 26.6 Å². The predicted molar refractivity (Wildman–Crippen MR) is 108 cm³/mol. The summed E-state index contributed by atoms with van der Waals surface area (Å²) < 4.78 is 34.0. The highest BCUT2D eigenvalue weighted by atomic mass is 32.2. The molecule has 1 saturated heterocycles. The highest BCUT2D eigenvalue weighted by Gasteiger charge is 2.40. The molecule has 1 amide bonds. The lowest BCUT2D eigenvalue weighted by molar-refractivity contribution is -0.119. The number of ether oxygens (including phenoxy) is 1. The lowest BCUT2D eigenvalue weighted by Gasteiger charge is -2.23. The maximum Gasteiger partial charge on any atom is 0.354 e. The van der Waals surface area contributed by atoms with E-state index >= 15 is 0 Å². The summed E-state index contributed by atoms with van der Waals surface area (Å²) in [5, 5.41) is 2.81. The molecular weight excluding hydrogens is 394 g/mol. The highest BCUT2D eigenvalue weighted by Crippen LogP contribution is 2.28. The summed E-state index contributed by atoms with van der Waals surface area (Å²) in [5.74, 6) is -0.954. The zero-order valence-electron chi connectivity index (χ0n) is 16.7. The van der Waals surface area contributed by atoms with Crippen LogP contribution < -0.4 is 5.32 Å². The van der Waals surface area contributed by atoms with E-state index in [0.717, 1.165) is 5.56 Å². The van der Waals surface area contributed by atoms with Crippen LogP contribution in [0, 0.1) is 6.92 Å². The van der Waals surface area contributed by atoms with Crippen molar-refractivity contribution in [1.29, 1.82) is 0 Å². The first-order valence-corrected chi connectivity index (χ1v) is 10.9. The largest absolute Gasteiger partial charge is 0.461 e. The van der Waals surface area contributed by atoms with Gasteiger partial charge in [-0.15, -0.1) is 0 Å². The Balaban J connectivity index is 1.83. The molecule has 1 aromatic carbocycles. The maximum absolute atomic E-state index is 13.2. The van der Waals surface area contributed by atoms with Crippen LogP contribution in [0.25, 0.3) is 0 Å². The summed E-state index contributed by atoms with van der Waals surface area (Å²) >= 11 is 0. The van der Waals surface area contributed by atoms with E-state index in [1.165, 1.54) is 21.1 Å². The van der Waals surface area contributed by atoms with E-state index in [1.807, 2.05) is 25.1 Å². The van der Waals surface area contributed by atoms with Crippen LogP contribution in [-0.4, -0.2) is 48.4 Å². The second-order valence-corrected chi connectivity index (χ2v) is 8.92. The van der Waals surface area contributed by atoms with Crippen LogP contribution in [0.3, 0.4) is 0 Å². The van der Waals surface area contributed by atoms with Crippen molar-refractivity contribution in [2.75, 3.05) is 18.5 Å². The second kappa shape index (κ2) is 8.38. The van der Waals surface area contributed by atoms with Crippen molar-refractivity contribution in [2.24, 2.45) is 7.05 Å². The number of nitrogens with one attached hydrogen (secondary N) is 1. The Kier molecular flexibility index (Phi) is 6.09. The van der Waals surface area contributed by atoms with Crippen molar-refractivity contribution in [3.05, 3.63) is 47.8 Å². The number of carbonyl (C=O) groups excluding carboxylic acids is 2. The first-order chi connectivity index (χ1) is 13.7. The van der Waals surface area contributed by atoms with Gasteiger partial charge in [0.25, 0.3) is 0 Å². The van der Waals surface area contributed by atoms with E-state index in [1.54, 1.807) is 20.0 Å². The second-order valence-electron chi connectivity index (χ2n) is 7.02. The van der Waals surface area contributed by atoms with Crippen molar-refractivity contribution in [1.82, 2.24) is 8.87 Å². The third-order valence-corrected chi connectivity index (χ3v) is 6.74. The number of anilines is 1. The number of nitrogens with zero attached hydrogens (tertiary/aromatic N) is 2. The quantitative estimate of drug-likeness (QED) is 0.725. The van der Waals surface area contributed by atoms with Gasteiger partial charge in [0.05, 0.1) is 6.61 Å². The third kappa shape index (κ3) is 4.35. The van der Waals surface area contributed by atoms with Gasteiger partial charge in [0.1, 0.15) is 16.6 Å². The molecule has 1 aliphatic rings. The number of rotatable bonds is 6. The van der Waals surface area contributed by atoms with Crippen molar-refractivity contribution < 1.29 is 22.7 Å². The van der Waals surface area contributed by atoms with Gasteiger partial charge < -0.3 is 14.6 Å². The lowest BCUT2D eigenvalue weighted by Crippen LogP contribution is -2.43. The Labute approximate surface area is 170 Å². The minimum Gasteiger partial charge on any atom is -0.461 e. The fraction of sp³-hybridized carbons (Fsp3) is 0.400. The van der Waals surface area contributed by atoms with Crippen molar-refractivity contribution >= 4 is 27.6 Å². The lowest BCUT2D eigenvalue weighted by atomic mass is 10.2. The molecule has 8 nitrogen and oxygen atoms in total. The average Bonchev–Trinajstić information content (AvgIpc) is 3.29. The van der Waals surface area contributed by atoms with Crippen molar-refractivity contribution in [3.8, 4) is 0 Å². The number of hydrogen-bond donors (Lipinski definition) is 1. The van der Waals surface area contributed by atoms with Crippen LogP contribution >= 0.6 is 0 Å². The molecule has 1 atom stereocenters. The minimum atomic E-state index is -3.94. The van der Waals surface area contributed by atoms with Crippen LogP contribution in [0.4, 0.5) is 5.69 Å². The predicted octanol–water partition coefficient (Wildman–Crippen LogP) is 2.30. The molecule has 1 fully saturated rings. The molecule has 156 valence electrons. The Morgan fingerprint density at radius 2 is 2.03 bits per heavy atom. The smallest absolute Gasteiger partial charge is 0.354 e. The molecule has 29 heavy (non-hydrogen) atoms. The van der Waals surface area contributed by atoms with Gasteiger partial charge in [-0.1, -0.05) is 12.1 Å². The third-order valence-electron chi connectivity index (χ3n) is 4.86. The summed E-state index contributed by atoms with van der Waals surface area (Å²) in [6, 6.07) is 7.83. The van der Waals surface area contributed by atoms with Gasteiger partial charge in [0.15, 0.2) is 0 Å². The summed E-state index contributed by atoms with van der Waals surface area (Å²) in [4.78, 5) is 24.8. The molecular formula is C20H25N3O5S. The van der Waals surface area contributed by atoms with Gasteiger partial charge in [-0.25, -0.2) is 13.2 Å². The highest BCUT2D eigenvalue weighted by molar-refractivity contribution is 7.89. The molecule has 3 rings (SSSR count). The van der Waals surface area contributed by atoms with Crippen LogP contribution in [0.5, 0.6) is 0 Å². The van der Waals surface area contributed by atoms with E-state index in [-0.39, 0.29) is 29.6 Å². The maximum atomic E-state index is 13.2. The molecule has 0 saturated carbocycles. The molecule has 1 aliphatic heterocycles. The van der Waals surface area contributed by atoms with Gasteiger partial charge in [0.2, 0.25) is 15.9 Å². The molecule has 1 aromatic heterocycles. The normalized spacial score (nSPS) is 17.3. The Bertz CT molecular complexity index is 1030. The molecule has 0 aliphatic carbocycles. The molecule has 0 unspecified atom stereocenters. The molecule has 0 bridgehead atoms. The van der Waals surface area contributed by atoms with Gasteiger partial charge in [0, 0.05) is 25.5 Å². The fourth-order valence-corrected chi connectivity index (χ4v) is 5.19. The summed E-state index contributed by atoms with van der Waals surface area (Å²) in [5.41, 5.74) is 1.77. The molecule has 9 heteroatoms. The number of carbonyl (C=O) groups is 2. The van der Waals surface area contributed by atoms with E-state index < -0.39 is 22.0 Å². The van der Waals surface area contributed by atoms with E-state index in [0.29, 0.717) is 18.5 Å².